The van der Waals surface area contributed by atoms with E-state index in [2.05, 4.69) is 0 Å². The fourth-order valence-corrected chi connectivity index (χ4v) is 1.99. The molecule has 0 radical (unpaired) electrons. The van der Waals surface area contributed by atoms with Crippen molar-refractivity contribution in [2.24, 2.45) is 0 Å². The van der Waals surface area contributed by atoms with Crippen LogP contribution in [0, 0.1) is 18.6 Å². The van der Waals surface area contributed by atoms with Crippen molar-refractivity contribution in [3.8, 4) is 0 Å². The average Bonchev–Trinajstić information content (AvgIpc) is 2.60. The highest BCUT2D eigenvalue weighted by Crippen LogP contribution is 2.19. The summed E-state index contributed by atoms with van der Waals surface area (Å²) in [5.41, 5.74) is 0.536. The van der Waals surface area contributed by atoms with Crippen molar-refractivity contribution in [2.45, 2.75) is 26.3 Å². The molecule has 0 aliphatic carbocycles. The second-order valence-corrected chi connectivity index (χ2v) is 4.11. The third-order valence-corrected chi connectivity index (χ3v) is 2.83. The van der Waals surface area contributed by atoms with Crippen LogP contribution < -0.4 is 0 Å². The lowest BCUT2D eigenvalue weighted by molar-refractivity contribution is -0.128. The Bertz CT molecular complexity index is 431. The number of hydrogen-bond donors (Lipinski definition) is 0. The van der Waals surface area contributed by atoms with Crippen LogP contribution in [-0.2, 0) is 11.3 Å². The fourth-order valence-electron chi connectivity index (χ4n) is 1.99. The van der Waals surface area contributed by atoms with Crippen molar-refractivity contribution in [3.05, 3.63) is 34.9 Å². The number of carbonyl (C=O) groups is 1. The number of carbonyl (C=O) groups excluding carboxylic acids is 1. The highest BCUT2D eigenvalue weighted by Gasteiger charge is 2.21. The van der Waals surface area contributed by atoms with Gasteiger partial charge in [-0.2, -0.15) is 0 Å². The molecule has 0 aromatic heterocycles. The predicted molar refractivity (Wildman–Crippen MR) is 55.7 cm³/mol. The number of likely N-dealkylation sites (tertiary alicyclic amines) is 1. The summed E-state index contributed by atoms with van der Waals surface area (Å²) in [4.78, 5) is 12.9. The van der Waals surface area contributed by atoms with Crippen molar-refractivity contribution in [1.82, 2.24) is 4.90 Å². The first-order valence-corrected chi connectivity index (χ1v) is 5.30. The number of rotatable bonds is 2. The SMILES string of the molecule is Cc1cc(F)cc(CN2CCCC2=O)c1F. The quantitative estimate of drug-likeness (QED) is 0.756. The summed E-state index contributed by atoms with van der Waals surface area (Å²) in [6.45, 7) is 2.32. The molecule has 1 saturated heterocycles. The van der Waals surface area contributed by atoms with Crippen LogP contribution in [0.5, 0.6) is 0 Å². The number of benzene rings is 1. The van der Waals surface area contributed by atoms with Gasteiger partial charge in [0.2, 0.25) is 5.91 Å². The minimum atomic E-state index is -0.458. The number of halogens is 2. The van der Waals surface area contributed by atoms with Gasteiger partial charge in [-0.1, -0.05) is 0 Å². The molecule has 0 spiro atoms. The molecule has 0 N–H and O–H groups in total. The maximum atomic E-state index is 13.7. The molecule has 1 heterocycles. The summed E-state index contributed by atoms with van der Waals surface area (Å²) in [7, 11) is 0. The van der Waals surface area contributed by atoms with E-state index in [9.17, 15) is 13.6 Å². The smallest absolute Gasteiger partial charge is 0.222 e. The Balaban J connectivity index is 2.24. The normalized spacial score (nSPS) is 15.9. The Kier molecular flexibility index (Phi) is 2.90. The van der Waals surface area contributed by atoms with E-state index in [1.54, 1.807) is 4.90 Å². The van der Waals surface area contributed by atoms with Crippen LogP contribution >= 0.6 is 0 Å². The van der Waals surface area contributed by atoms with Gasteiger partial charge in [0.05, 0.1) is 0 Å². The topological polar surface area (TPSA) is 20.3 Å². The lowest BCUT2D eigenvalue weighted by Gasteiger charge is -2.16. The largest absolute Gasteiger partial charge is 0.338 e. The first-order valence-electron chi connectivity index (χ1n) is 5.30. The van der Waals surface area contributed by atoms with Crippen LogP contribution in [0.15, 0.2) is 12.1 Å². The summed E-state index contributed by atoms with van der Waals surface area (Å²) in [6.07, 6.45) is 1.31. The van der Waals surface area contributed by atoms with Gasteiger partial charge in [0.25, 0.3) is 0 Å². The van der Waals surface area contributed by atoms with E-state index in [1.807, 2.05) is 0 Å². The van der Waals surface area contributed by atoms with Crippen molar-refractivity contribution < 1.29 is 13.6 Å². The summed E-state index contributed by atoms with van der Waals surface area (Å²) >= 11 is 0. The number of aryl methyl sites for hydroxylation is 1. The zero-order valence-corrected chi connectivity index (χ0v) is 9.09. The minimum Gasteiger partial charge on any atom is -0.338 e. The average molecular weight is 225 g/mol. The van der Waals surface area contributed by atoms with Gasteiger partial charge in [0.1, 0.15) is 11.6 Å². The van der Waals surface area contributed by atoms with E-state index < -0.39 is 11.6 Å². The molecule has 0 bridgehead atoms. The summed E-state index contributed by atoms with van der Waals surface area (Å²) in [6, 6.07) is 2.32. The Labute approximate surface area is 92.9 Å². The van der Waals surface area contributed by atoms with Gasteiger partial charge < -0.3 is 4.90 Å². The predicted octanol–water partition coefficient (Wildman–Crippen LogP) is 2.40. The monoisotopic (exact) mass is 225 g/mol. The van der Waals surface area contributed by atoms with E-state index >= 15 is 0 Å². The maximum absolute atomic E-state index is 13.7. The van der Waals surface area contributed by atoms with Crippen LogP contribution in [0.1, 0.15) is 24.0 Å². The molecule has 2 rings (SSSR count). The molecular weight excluding hydrogens is 212 g/mol. The molecule has 1 aromatic rings. The van der Waals surface area contributed by atoms with Crippen LogP contribution in [0.4, 0.5) is 8.78 Å². The Morgan fingerprint density at radius 2 is 2.12 bits per heavy atom. The number of nitrogens with zero attached hydrogens (tertiary/aromatic N) is 1. The van der Waals surface area contributed by atoms with Crippen molar-refractivity contribution in [1.29, 1.82) is 0 Å². The minimum absolute atomic E-state index is 0.0151. The van der Waals surface area contributed by atoms with E-state index in [-0.39, 0.29) is 23.6 Å². The standard InChI is InChI=1S/C12H13F2NO/c1-8-5-10(13)6-9(12(8)14)7-15-4-2-3-11(15)16/h5-6H,2-4,7H2,1H3. The zero-order valence-electron chi connectivity index (χ0n) is 9.09. The maximum Gasteiger partial charge on any atom is 0.222 e. The summed E-state index contributed by atoms with van der Waals surface area (Å²) in [5.74, 6) is -0.858. The number of hydrogen-bond acceptors (Lipinski definition) is 1. The van der Waals surface area contributed by atoms with E-state index in [1.165, 1.54) is 6.92 Å². The van der Waals surface area contributed by atoms with Gasteiger partial charge in [-0.05, 0) is 31.0 Å². The molecule has 0 saturated carbocycles. The highest BCUT2D eigenvalue weighted by atomic mass is 19.1. The third kappa shape index (κ3) is 2.05. The van der Waals surface area contributed by atoms with Gasteiger partial charge >= 0.3 is 0 Å². The van der Waals surface area contributed by atoms with Gasteiger partial charge in [-0.25, -0.2) is 8.78 Å². The third-order valence-electron chi connectivity index (χ3n) is 2.83. The summed E-state index contributed by atoms with van der Waals surface area (Å²) in [5, 5.41) is 0. The molecule has 2 nitrogen and oxygen atoms in total. The first kappa shape index (κ1) is 11.0. The molecule has 86 valence electrons. The van der Waals surface area contributed by atoms with Crippen LogP contribution in [0.25, 0.3) is 0 Å². The van der Waals surface area contributed by atoms with Gasteiger partial charge in [0, 0.05) is 25.1 Å². The van der Waals surface area contributed by atoms with E-state index in [0.717, 1.165) is 18.6 Å². The van der Waals surface area contributed by atoms with Gasteiger partial charge in [-0.3, -0.25) is 4.79 Å². The zero-order chi connectivity index (χ0) is 11.7. The highest BCUT2D eigenvalue weighted by molar-refractivity contribution is 5.78. The fraction of sp³-hybridized carbons (Fsp3) is 0.417. The van der Waals surface area contributed by atoms with Gasteiger partial charge in [-0.15, -0.1) is 0 Å². The number of amides is 1. The van der Waals surface area contributed by atoms with Gasteiger partial charge in [0.15, 0.2) is 0 Å². The first-order chi connectivity index (χ1) is 7.58. The molecule has 1 aliphatic rings. The molecule has 4 heteroatoms. The van der Waals surface area contributed by atoms with E-state index in [0.29, 0.717) is 13.0 Å². The molecule has 0 atom stereocenters. The van der Waals surface area contributed by atoms with E-state index in [4.69, 9.17) is 0 Å². The lowest BCUT2D eigenvalue weighted by Crippen LogP contribution is -2.24. The Hall–Kier alpha value is -1.45. The molecule has 1 aromatic carbocycles. The lowest BCUT2D eigenvalue weighted by atomic mass is 10.1. The molecule has 1 aliphatic heterocycles. The Morgan fingerprint density at radius 1 is 1.38 bits per heavy atom. The van der Waals surface area contributed by atoms with Crippen LogP contribution in [-0.4, -0.2) is 17.4 Å². The van der Waals surface area contributed by atoms with Crippen molar-refractivity contribution in [3.63, 3.8) is 0 Å². The molecule has 1 amide bonds. The molecule has 0 unspecified atom stereocenters. The molecule has 16 heavy (non-hydrogen) atoms. The van der Waals surface area contributed by atoms with Crippen molar-refractivity contribution >= 4 is 5.91 Å². The second kappa shape index (κ2) is 4.20. The van der Waals surface area contributed by atoms with Crippen molar-refractivity contribution in [2.75, 3.05) is 6.54 Å². The van der Waals surface area contributed by atoms with Crippen LogP contribution in [0.2, 0.25) is 0 Å². The molecule has 1 fully saturated rings. The second-order valence-electron chi connectivity index (χ2n) is 4.11. The Morgan fingerprint density at radius 3 is 2.75 bits per heavy atom. The molecular formula is C12H13F2NO. The van der Waals surface area contributed by atoms with Crippen LogP contribution in [0.3, 0.4) is 0 Å². The summed E-state index contributed by atoms with van der Waals surface area (Å²) < 4.78 is 26.8.